The number of phenolic OH excluding ortho intramolecular Hbond substituents is 2. The van der Waals surface area contributed by atoms with Crippen molar-refractivity contribution in [1.29, 1.82) is 0 Å². The molecule has 1 aliphatic rings. The Labute approximate surface area is 101 Å². The van der Waals surface area contributed by atoms with Crippen molar-refractivity contribution in [3.8, 4) is 11.5 Å². The quantitative estimate of drug-likeness (QED) is 0.726. The molecule has 0 atom stereocenters. The number of phenols is 2. The van der Waals surface area contributed by atoms with Crippen LogP contribution in [0.5, 0.6) is 11.5 Å². The molecule has 0 saturated heterocycles. The molecule has 0 heterocycles. The van der Waals surface area contributed by atoms with Crippen molar-refractivity contribution in [3.05, 3.63) is 35.9 Å². The first kappa shape index (κ1) is 10.5. The molecule has 1 aliphatic carbocycles. The zero-order valence-corrected chi connectivity index (χ0v) is 9.69. The van der Waals surface area contributed by atoms with Crippen LogP contribution in [0.2, 0.25) is 0 Å². The Bertz CT molecular complexity index is 554. The Hall–Kier alpha value is -1.70. The Morgan fingerprint density at radius 2 is 1.65 bits per heavy atom. The van der Waals surface area contributed by atoms with Gasteiger partial charge in [-0.25, -0.2) is 0 Å². The molecule has 0 unspecified atom stereocenters. The van der Waals surface area contributed by atoms with Crippen LogP contribution in [0.1, 0.15) is 37.2 Å². The fraction of sp³-hybridized carbons (Fsp3) is 0.333. The highest BCUT2D eigenvalue weighted by atomic mass is 16.3. The summed E-state index contributed by atoms with van der Waals surface area (Å²) in [5, 5.41) is 21.2. The first-order chi connectivity index (χ1) is 8.25. The van der Waals surface area contributed by atoms with Crippen LogP contribution in [-0.2, 0) is 0 Å². The fourth-order valence-electron chi connectivity index (χ4n) is 2.92. The molecule has 1 fully saturated rings. The van der Waals surface area contributed by atoms with E-state index < -0.39 is 0 Å². The van der Waals surface area contributed by atoms with Gasteiger partial charge in [-0.3, -0.25) is 0 Å². The van der Waals surface area contributed by atoms with Gasteiger partial charge in [-0.1, -0.05) is 31.0 Å². The zero-order valence-electron chi connectivity index (χ0n) is 9.69. The lowest BCUT2D eigenvalue weighted by Gasteiger charge is -2.13. The molecular formula is C15H16O2. The highest BCUT2D eigenvalue weighted by Crippen LogP contribution is 2.40. The van der Waals surface area contributed by atoms with E-state index in [2.05, 4.69) is 6.07 Å². The summed E-state index contributed by atoms with van der Waals surface area (Å²) in [5.41, 5.74) is 1.32. The van der Waals surface area contributed by atoms with Crippen molar-refractivity contribution in [1.82, 2.24) is 0 Å². The van der Waals surface area contributed by atoms with Gasteiger partial charge in [-0.05, 0) is 47.2 Å². The minimum absolute atomic E-state index is 0.0250. The number of hydrogen-bond acceptors (Lipinski definition) is 2. The second-order valence-corrected chi connectivity index (χ2v) is 4.89. The number of hydrogen-bond donors (Lipinski definition) is 2. The largest absolute Gasteiger partial charge is 0.504 e. The summed E-state index contributed by atoms with van der Waals surface area (Å²) >= 11 is 0. The molecule has 2 N–H and O–H groups in total. The van der Waals surface area contributed by atoms with Gasteiger partial charge in [-0.15, -0.1) is 0 Å². The third-order valence-electron chi connectivity index (χ3n) is 3.80. The van der Waals surface area contributed by atoms with Gasteiger partial charge in [0.25, 0.3) is 0 Å². The van der Waals surface area contributed by atoms with E-state index in [1.165, 1.54) is 31.2 Å². The minimum Gasteiger partial charge on any atom is -0.504 e. The predicted molar refractivity (Wildman–Crippen MR) is 68.5 cm³/mol. The van der Waals surface area contributed by atoms with E-state index in [0.717, 1.165) is 10.8 Å². The standard InChI is InChI=1S/C15H16O2/c16-14-8-11-6-3-7-12(10-4-1-2-5-10)13(11)9-15(14)17/h3,6-10,16-17H,1-2,4-5H2. The normalized spacial score (nSPS) is 16.7. The average Bonchev–Trinajstić information content (AvgIpc) is 2.83. The molecule has 0 bridgehead atoms. The number of rotatable bonds is 1. The van der Waals surface area contributed by atoms with E-state index in [1.807, 2.05) is 12.1 Å². The average molecular weight is 228 g/mol. The smallest absolute Gasteiger partial charge is 0.158 e. The van der Waals surface area contributed by atoms with Gasteiger partial charge < -0.3 is 10.2 Å². The maximum atomic E-state index is 9.63. The Kier molecular flexibility index (Phi) is 2.43. The molecule has 2 heteroatoms. The highest BCUT2D eigenvalue weighted by molar-refractivity contribution is 5.89. The Morgan fingerprint density at radius 3 is 2.41 bits per heavy atom. The van der Waals surface area contributed by atoms with Crippen molar-refractivity contribution in [2.75, 3.05) is 0 Å². The van der Waals surface area contributed by atoms with Crippen molar-refractivity contribution in [3.63, 3.8) is 0 Å². The molecule has 17 heavy (non-hydrogen) atoms. The van der Waals surface area contributed by atoms with E-state index >= 15 is 0 Å². The molecule has 3 rings (SSSR count). The van der Waals surface area contributed by atoms with E-state index in [4.69, 9.17) is 0 Å². The van der Waals surface area contributed by atoms with Crippen LogP contribution in [0.15, 0.2) is 30.3 Å². The SMILES string of the molecule is Oc1cc2cccc(C3CCCC3)c2cc1O. The fourth-order valence-corrected chi connectivity index (χ4v) is 2.92. The van der Waals surface area contributed by atoms with E-state index in [-0.39, 0.29) is 11.5 Å². The second-order valence-electron chi connectivity index (χ2n) is 4.89. The lowest BCUT2D eigenvalue weighted by molar-refractivity contribution is 0.405. The van der Waals surface area contributed by atoms with Crippen LogP contribution in [0.3, 0.4) is 0 Å². The van der Waals surface area contributed by atoms with E-state index in [0.29, 0.717) is 5.92 Å². The van der Waals surface area contributed by atoms with Gasteiger partial charge in [0.1, 0.15) is 0 Å². The topological polar surface area (TPSA) is 40.5 Å². The van der Waals surface area contributed by atoms with Gasteiger partial charge >= 0.3 is 0 Å². The summed E-state index contributed by atoms with van der Waals surface area (Å²) in [4.78, 5) is 0. The summed E-state index contributed by atoms with van der Waals surface area (Å²) in [6, 6.07) is 9.50. The Balaban J connectivity index is 2.20. The van der Waals surface area contributed by atoms with Gasteiger partial charge in [-0.2, -0.15) is 0 Å². The van der Waals surface area contributed by atoms with Crippen molar-refractivity contribution in [2.24, 2.45) is 0 Å². The molecule has 2 nitrogen and oxygen atoms in total. The van der Waals surface area contributed by atoms with Crippen LogP contribution in [0, 0.1) is 0 Å². The Morgan fingerprint density at radius 1 is 0.941 bits per heavy atom. The molecule has 0 aromatic heterocycles. The summed E-state index contributed by atoms with van der Waals surface area (Å²) in [6.45, 7) is 0. The van der Waals surface area contributed by atoms with Crippen LogP contribution < -0.4 is 0 Å². The number of aromatic hydroxyl groups is 2. The third-order valence-corrected chi connectivity index (χ3v) is 3.80. The van der Waals surface area contributed by atoms with Crippen LogP contribution in [-0.4, -0.2) is 10.2 Å². The molecule has 0 amide bonds. The highest BCUT2D eigenvalue weighted by Gasteiger charge is 2.19. The van der Waals surface area contributed by atoms with Crippen LogP contribution >= 0.6 is 0 Å². The molecule has 0 spiro atoms. The lowest BCUT2D eigenvalue weighted by Crippen LogP contribution is -1.93. The summed E-state index contributed by atoms with van der Waals surface area (Å²) < 4.78 is 0. The van der Waals surface area contributed by atoms with Crippen LogP contribution in [0.25, 0.3) is 10.8 Å². The molecule has 0 radical (unpaired) electrons. The van der Waals surface area contributed by atoms with E-state index in [1.54, 1.807) is 12.1 Å². The first-order valence-electron chi connectivity index (χ1n) is 6.20. The molecule has 1 saturated carbocycles. The maximum Gasteiger partial charge on any atom is 0.158 e. The van der Waals surface area contributed by atoms with Crippen molar-refractivity contribution in [2.45, 2.75) is 31.6 Å². The predicted octanol–water partition coefficient (Wildman–Crippen LogP) is 3.91. The molecule has 2 aromatic carbocycles. The summed E-state index contributed by atoms with van der Waals surface area (Å²) in [7, 11) is 0. The molecule has 0 aliphatic heterocycles. The lowest BCUT2D eigenvalue weighted by atomic mass is 9.92. The number of fused-ring (bicyclic) bond motifs is 1. The van der Waals surface area contributed by atoms with Crippen molar-refractivity contribution >= 4 is 10.8 Å². The zero-order chi connectivity index (χ0) is 11.8. The van der Waals surface area contributed by atoms with Crippen LogP contribution in [0.4, 0.5) is 0 Å². The number of benzene rings is 2. The monoisotopic (exact) mass is 228 g/mol. The molecular weight excluding hydrogens is 212 g/mol. The summed E-state index contributed by atoms with van der Waals surface area (Å²) in [5.74, 6) is 0.548. The van der Waals surface area contributed by atoms with Gasteiger partial charge in [0.2, 0.25) is 0 Å². The maximum absolute atomic E-state index is 9.63. The van der Waals surface area contributed by atoms with Gasteiger partial charge in [0.15, 0.2) is 11.5 Å². The van der Waals surface area contributed by atoms with Crippen molar-refractivity contribution < 1.29 is 10.2 Å². The first-order valence-corrected chi connectivity index (χ1v) is 6.20. The second kappa shape index (κ2) is 3.95. The molecule has 2 aromatic rings. The summed E-state index contributed by atoms with van der Waals surface area (Å²) in [6.07, 6.45) is 5.07. The third kappa shape index (κ3) is 1.74. The van der Waals surface area contributed by atoms with E-state index in [9.17, 15) is 10.2 Å². The minimum atomic E-state index is -0.0407. The van der Waals surface area contributed by atoms with Gasteiger partial charge in [0, 0.05) is 0 Å². The van der Waals surface area contributed by atoms with Gasteiger partial charge in [0.05, 0.1) is 0 Å². The molecule has 88 valence electrons.